The third-order valence-corrected chi connectivity index (χ3v) is 3.70. The topological polar surface area (TPSA) is 74.8 Å². The summed E-state index contributed by atoms with van der Waals surface area (Å²) < 4.78 is 26.1. The van der Waals surface area contributed by atoms with Gasteiger partial charge in [0, 0.05) is 12.7 Å². The maximum absolute atomic E-state index is 11.8. The smallest absolute Gasteiger partial charge is 0.243 e. The van der Waals surface area contributed by atoms with Gasteiger partial charge in [0.2, 0.25) is 10.0 Å². The molecule has 2 N–H and O–H groups in total. The molecule has 0 atom stereocenters. The van der Waals surface area contributed by atoms with Gasteiger partial charge in [-0.25, -0.2) is 13.1 Å². The van der Waals surface area contributed by atoms with Gasteiger partial charge in [-0.2, -0.15) is 5.10 Å². The molecule has 2 rings (SSSR count). The molecule has 0 fully saturated rings. The number of hydrogen-bond donors (Lipinski definition) is 2. The Morgan fingerprint density at radius 1 is 1.41 bits per heavy atom. The summed E-state index contributed by atoms with van der Waals surface area (Å²) in [5.41, 5.74) is 2.03. The summed E-state index contributed by atoms with van der Waals surface area (Å²) in [6.45, 7) is 2.24. The molecule has 0 radical (unpaired) electrons. The van der Waals surface area contributed by atoms with E-state index in [2.05, 4.69) is 14.9 Å². The summed E-state index contributed by atoms with van der Waals surface area (Å²) in [6.07, 6.45) is 2.62. The largest absolute Gasteiger partial charge is 0.284 e. The number of aromatic nitrogens is 2. The van der Waals surface area contributed by atoms with Crippen LogP contribution in [-0.2, 0) is 16.6 Å². The molecule has 0 aliphatic heterocycles. The molecule has 0 spiro atoms. The Morgan fingerprint density at radius 2 is 2.24 bits per heavy atom. The van der Waals surface area contributed by atoms with Crippen LogP contribution in [0.3, 0.4) is 0 Å². The number of aromatic amines is 1. The average molecular weight is 251 g/mol. The van der Waals surface area contributed by atoms with E-state index in [0.29, 0.717) is 0 Å². The predicted octanol–water partition coefficient (Wildman–Crippen LogP) is 1.20. The number of benzene rings is 1. The molecule has 0 amide bonds. The highest BCUT2D eigenvalue weighted by atomic mass is 32.2. The Balaban J connectivity index is 2.08. The molecule has 6 heteroatoms. The number of H-pyrrole nitrogens is 1. The fourth-order valence-electron chi connectivity index (χ4n) is 1.47. The third-order valence-electron chi connectivity index (χ3n) is 2.33. The van der Waals surface area contributed by atoms with Crippen molar-refractivity contribution in [3.05, 3.63) is 47.8 Å². The predicted molar refractivity (Wildman–Crippen MR) is 63.8 cm³/mol. The number of sulfonamides is 1. The van der Waals surface area contributed by atoms with Crippen LogP contribution < -0.4 is 4.72 Å². The van der Waals surface area contributed by atoms with Crippen molar-refractivity contribution < 1.29 is 8.42 Å². The molecule has 0 unspecified atom stereocenters. The van der Waals surface area contributed by atoms with Crippen LogP contribution in [-0.4, -0.2) is 18.6 Å². The quantitative estimate of drug-likeness (QED) is 0.857. The van der Waals surface area contributed by atoms with Gasteiger partial charge in [-0.05, 0) is 12.5 Å². The second-order valence-corrected chi connectivity index (χ2v) is 5.51. The number of nitrogens with one attached hydrogen (secondary N) is 2. The minimum Gasteiger partial charge on any atom is -0.284 e. The van der Waals surface area contributed by atoms with Gasteiger partial charge in [-0.15, -0.1) is 0 Å². The lowest BCUT2D eigenvalue weighted by Gasteiger charge is -2.05. The molecular formula is C11H13N3O2S. The molecule has 0 saturated carbocycles. The van der Waals surface area contributed by atoms with Crippen LogP contribution in [0, 0.1) is 6.92 Å². The van der Waals surface area contributed by atoms with Gasteiger partial charge in [0.1, 0.15) is 4.90 Å². The molecule has 1 heterocycles. The Labute approximate surface area is 99.9 Å². The molecule has 5 nitrogen and oxygen atoms in total. The van der Waals surface area contributed by atoms with Crippen molar-refractivity contribution in [3.8, 4) is 0 Å². The zero-order valence-electron chi connectivity index (χ0n) is 9.34. The van der Waals surface area contributed by atoms with E-state index in [1.165, 1.54) is 12.4 Å². The molecule has 0 aliphatic carbocycles. The average Bonchev–Trinajstić information content (AvgIpc) is 2.81. The van der Waals surface area contributed by atoms with Crippen LogP contribution in [0.5, 0.6) is 0 Å². The van der Waals surface area contributed by atoms with Crippen molar-refractivity contribution in [1.29, 1.82) is 0 Å². The van der Waals surface area contributed by atoms with Crippen molar-refractivity contribution in [1.82, 2.24) is 14.9 Å². The fourth-order valence-corrected chi connectivity index (χ4v) is 2.39. The summed E-state index contributed by atoms with van der Waals surface area (Å²) in [5, 5.41) is 6.09. The highest BCUT2D eigenvalue weighted by molar-refractivity contribution is 7.89. The van der Waals surface area contributed by atoms with E-state index in [1.54, 1.807) is 0 Å². The highest BCUT2D eigenvalue weighted by Gasteiger charge is 2.14. The van der Waals surface area contributed by atoms with E-state index in [0.717, 1.165) is 11.1 Å². The van der Waals surface area contributed by atoms with Gasteiger partial charge in [0.25, 0.3) is 0 Å². The lowest BCUT2D eigenvalue weighted by Crippen LogP contribution is -2.22. The molecule has 1 aromatic carbocycles. The first kappa shape index (κ1) is 11.8. The van der Waals surface area contributed by atoms with Crippen molar-refractivity contribution in [3.63, 3.8) is 0 Å². The SMILES string of the molecule is Cc1cccc(CNS(=O)(=O)c2cn[nH]c2)c1. The fraction of sp³-hybridized carbons (Fsp3) is 0.182. The zero-order valence-corrected chi connectivity index (χ0v) is 10.2. The lowest BCUT2D eigenvalue weighted by molar-refractivity contribution is 0.581. The zero-order chi connectivity index (χ0) is 12.3. The lowest BCUT2D eigenvalue weighted by atomic mass is 10.1. The minimum atomic E-state index is -3.47. The van der Waals surface area contributed by atoms with Gasteiger partial charge in [0.05, 0.1) is 6.20 Å². The van der Waals surface area contributed by atoms with Gasteiger partial charge in [0.15, 0.2) is 0 Å². The number of aryl methyl sites for hydroxylation is 1. The van der Waals surface area contributed by atoms with Crippen LogP contribution in [0.15, 0.2) is 41.6 Å². The standard InChI is InChI=1S/C11H13N3O2S/c1-9-3-2-4-10(5-9)6-14-17(15,16)11-7-12-13-8-11/h2-5,7-8,14H,6H2,1H3,(H,12,13). The molecule has 0 aliphatic rings. The first-order valence-corrected chi connectivity index (χ1v) is 6.60. The first-order valence-electron chi connectivity index (χ1n) is 5.12. The van der Waals surface area contributed by atoms with Crippen LogP contribution in [0.25, 0.3) is 0 Å². The van der Waals surface area contributed by atoms with E-state index in [4.69, 9.17) is 0 Å². The highest BCUT2D eigenvalue weighted by Crippen LogP contribution is 2.07. The molecule has 0 bridgehead atoms. The molecule has 2 aromatic rings. The van der Waals surface area contributed by atoms with Crippen molar-refractivity contribution in [2.45, 2.75) is 18.4 Å². The van der Waals surface area contributed by atoms with Crippen LogP contribution in [0.4, 0.5) is 0 Å². The van der Waals surface area contributed by atoms with Gasteiger partial charge in [-0.1, -0.05) is 29.8 Å². The number of nitrogens with zero attached hydrogens (tertiary/aromatic N) is 1. The van der Waals surface area contributed by atoms with Gasteiger partial charge in [-0.3, -0.25) is 5.10 Å². The van der Waals surface area contributed by atoms with E-state index in [9.17, 15) is 8.42 Å². The molecule has 0 saturated heterocycles. The van der Waals surface area contributed by atoms with Gasteiger partial charge >= 0.3 is 0 Å². The van der Waals surface area contributed by atoms with Crippen LogP contribution in [0.1, 0.15) is 11.1 Å². The second-order valence-electron chi connectivity index (χ2n) is 3.75. The summed E-state index contributed by atoms with van der Waals surface area (Å²) in [4.78, 5) is 0.144. The Bertz CT molecular complexity index is 591. The summed E-state index contributed by atoms with van der Waals surface area (Å²) >= 11 is 0. The Morgan fingerprint density at radius 3 is 2.88 bits per heavy atom. The second kappa shape index (κ2) is 4.68. The third kappa shape index (κ3) is 2.92. The van der Waals surface area contributed by atoms with E-state index >= 15 is 0 Å². The van der Waals surface area contributed by atoms with Crippen LogP contribution in [0.2, 0.25) is 0 Å². The summed E-state index contributed by atoms with van der Waals surface area (Å²) in [7, 11) is -3.47. The maximum atomic E-state index is 11.8. The number of hydrogen-bond acceptors (Lipinski definition) is 3. The number of rotatable bonds is 4. The minimum absolute atomic E-state index is 0.144. The molecular weight excluding hydrogens is 238 g/mol. The van der Waals surface area contributed by atoms with Crippen molar-refractivity contribution in [2.24, 2.45) is 0 Å². The normalized spacial score (nSPS) is 11.6. The molecule has 90 valence electrons. The van der Waals surface area contributed by atoms with E-state index < -0.39 is 10.0 Å². The monoisotopic (exact) mass is 251 g/mol. The Kier molecular flexibility index (Phi) is 3.26. The molecule has 17 heavy (non-hydrogen) atoms. The van der Waals surface area contributed by atoms with E-state index in [1.807, 2.05) is 31.2 Å². The van der Waals surface area contributed by atoms with E-state index in [-0.39, 0.29) is 11.4 Å². The maximum Gasteiger partial charge on any atom is 0.243 e. The summed E-state index contributed by atoms with van der Waals surface area (Å²) in [6, 6.07) is 7.69. The van der Waals surface area contributed by atoms with Gasteiger partial charge < -0.3 is 0 Å². The van der Waals surface area contributed by atoms with Crippen molar-refractivity contribution >= 4 is 10.0 Å². The van der Waals surface area contributed by atoms with Crippen molar-refractivity contribution in [2.75, 3.05) is 0 Å². The van der Waals surface area contributed by atoms with Crippen LogP contribution >= 0.6 is 0 Å². The first-order chi connectivity index (χ1) is 8.08. The molecule has 1 aromatic heterocycles. The summed E-state index contributed by atoms with van der Waals surface area (Å²) in [5.74, 6) is 0. The Hall–Kier alpha value is -1.66.